The highest BCUT2D eigenvalue weighted by Crippen LogP contribution is 2.40. The van der Waals surface area contributed by atoms with E-state index in [9.17, 15) is 9.59 Å². The maximum absolute atomic E-state index is 12.2. The molecule has 0 spiro atoms. The van der Waals surface area contributed by atoms with E-state index in [0.717, 1.165) is 31.4 Å². The van der Waals surface area contributed by atoms with Crippen molar-refractivity contribution >= 4 is 17.4 Å². The van der Waals surface area contributed by atoms with Gasteiger partial charge >= 0.3 is 0 Å². The van der Waals surface area contributed by atoms with Crippen LogP contribution in [0.1, 0.15) is 64.6 Å². The molecule has 6 heteroatoms. The zero-order valence-corrected chi connectivity index (χ0v) is 13.5. The normalized spacial score (nSPS) is 13.7. The number of Topliss-reactive ketones (excluding diaryl/α,β-unsaturated/α-hetero) is 1. The van der Waals surface area contributed by atoms with Crippen molar-refractivity contribution in [2.45, 2.75) is 38.0 Å². The largest absolute Gasteiger partial charge is 0.360 e. The van der Waals surface area contributed by atoms with Crippen LogP contribution in [0.3, 0.4) is 0 Å². The van der Waals surface area contributed by atoms with Crippen LogP contribution in [0.4, 0.5) is 5.69 Å². The minimum atomic E-state index is -0.335. The van der Waals surface area contributed by atoms with Crippen LogP contribution >= 0.6 is 0 Å². The Bertz CT molecular complexity index is 735. The summed E-state index contributed by atoms with van der Waals surface area (Å²) in [6.07, 6.45) is 4.24. The number of hydrogen-bond donors (Lipinski definition) is 2. The van der Waals surface area contributed by atoms with Gasteiger partial charge in [0.25, 0.3) is 5.91 Å². The van der Waals surface area contributed by atoms with E-state index in [2.05, 4.69) is 10.5 Å². The fraction of sp³-hybridized carbons (Fsp3) is 0.389. The maximum Gasteiger partial charge on any atom is 0.277 e. The summed E-state index contributed by atoms with van der Waals surface area (Å²) >= 11 is 0. The topological polar surface area (TPSA) is 98.2 Å². The molecule has 0 atom stereocenters. The number of nitrogens with zero attached hydrogens (tertiary/aromatic N) is 1. The standard InChI is InChI=1S/C18H21N3O3/c19-9-2-1-6-16(22)13-4-3-5-14(10-13)20-18(23)15-11-17(24-21-15)12-7-8-12/h3-5,10-12H,1-2,6-9,19H2,(H,20,23). The molecule has 126 valence electrons. The first-order valence-corrected chi connectivity index (χ1v) is 8.28. The second-order valence-electron chi connectivity index (χ2n) is 6.09. The molecule has 6 nitrogen and oxygen atoms in total. The number of hydrogen-bond acceptors (Lipinski definition) is 5. The quantitative estimate of drug-likeness (QED) is 0.573. The van der Waals surface area contributed by atoms with Crippen molar-refractivity contribution in [2.24, 2.45) is 5.73 Å². The van der Waals surface area contributed by atoms with Crippen LogP contribution < -0.4 is 11.1 Å². The van der Waals surface area contributed by atoms with Gasteiger partial charge in [-0.2, -0.15) is 0 Å². The van der Waals surface area contributed by atoms with Crippen molar-refractivity contribution in [3.8, 4) is 0 Å². The van der Waals surface area contributed by atoms with Crippen LogP contribution in [-0.4, -0.2) is 23.4 Å². The minimum absolute atomic E-state index is 0.0528. The second-order valence-corrected chi connectivity index (χ2v) is 6.09. The van der Waals surface area contributed by atoms with Gasteiger partial charge in [0.2, 0.25) is 0 Å². The Balaban J connectivity index is 1.62. The monoisotopic (exact) mass is 327 g/mol. The van der Waals surface area contributed by atoms with Crippen molar-refractivity contribution in [1.29, 1.82) is 0 Å². The number of carbonyl (C=O) groups excluding carboxylic acids is 2. The van der Waals surface area contributed by atoms with Crippen molar-refractivity contribution in [2.75, 3.05) is 11.9 Å². The van der Waals surface area contributed by atoms with Gasteiger partial charge in [-0.05, 0) is 44.4 Å². The third-order valence-corrected chi connectivity index (χ3v) is 4.04. The second kappa shape index (κ2) is 7.40. The Labute approximate surface area is 140 Å². The average molecular weight is 327 g/mol. The predicted octanol–water partition coefficient (Wildman–Crippen LogP) is 3.12. The van der Waals surface area contributed by atoms with E-state index in [4.69, 9.17) is 10.3 Å². The molecule has 1 saturated carbocycles. The van der Waals surface area contributed by atoms with Gasteiger partial charge in [0.15, 0.2) is 11.5 Å². The highest BCUT2D eigenvalue weighted by Gasteiger charge is 2.28. The Kier molecular flexibility index (Phi) is 5.05. The lowest BCUT2D eigenvalue weighted by Gasteiger charge is -2.06. The number of anilines is 1. The molecule has 1 aromatic heterocycles. The number of aromatic nitrogens is 1. The molecule has 1 amide bonds. The first-order valence-electron chi connectivity index (χ1n) is 8.28. The van der Waals surface area contributed by atoms with Crippen LogP contribution in [0.25, 0.3) is 0 Å². The number of ketones is 1. The Morgan fingerprint density at radius 2 is 2.08 bits per heavy atom. The lowest BCUT2D eigenvalue weighted by atomic mass is 10.0. The summed E-state index contributed by atoms with van der Waals surface area (Å²) in [6, 6.07) is 8.63. The molecular formula is C18H21N3O3. The highest BCUT2D eigenvalue weighted by molar-refractivity contribution is 6.04. The predicted molar refractivity (Wildman–Crippen MR) is 90.1 cm³/mol. The fourth-order valence-electron chi connectivity index (χ4n) is 2.50. The van der Waals surface area contributed by atoms with Gasteiger partial charge in [-0.25, -0.2) is 0 Å². The maximum atomic E-state index is 12.2. The van der Waals surface area contributed by atoms with Crippen LogP contribution in [0.15, 0.2) is 34.9 Å². The molecule has 0 radical (unpaired) electrons. The molecule has 1 aliphatic carbocycles. The van der Waals surface area contributed by atoms with Crippen molar-refractivity contribution in [3.05, 3.63) is 47.3 Å². The van der Waals surface area contributed by atoms with E-state index in [-0.39, 0.29) is 17.4 Å². The molecule has 2 aromatic rings. The SMILES string of the molecule is NCCCCC(=O)c1cccc(NC(=O)c2cc(C3CC3)on2)c1. The Morgan fingerprint density at radius 1 is 1.25 bits per heavy atom. The molecule has 1 aliphatic rings. The highest BCUT2D eigenvalue weighted by atomic mass is 16.5. The summed E-state index contributed by atoms with van der Waals surface area (Å²) in [7, 11) is 0. The number of amides is 1. The smallest absolute Gasteiger partial charge is 0.277 e. The van der Waals surface area contributed by atoms with E-state index in [1.807, 2.05) is 0 Å². The lowest BCUT2D eigenvalue weighted by molar-refractivity contribution is 0.0976. The molecule has 3 N–H and O–H groups in total. The van der Waals surface area contributed by atoms with Crippen LogP contribution in [0.2, 0.25) is 0 Å². The Morgan fingerprint density at radius 3 is 2.83 bits per heavy atom. The minimum Gasteiger partial charge on any atom is -0.360 e. The molecule has 0 bridgehead atoms. The summed E-state index contributed by atoms with van der Waals surface area (Å²) in [5.41, 5.74) is 6.86. The zero-order valence-electron chi connectivity index (χ0n) is 13.5. The summed E-state index contributed by atoms with van der Waals surface area (Å²) in [5.74, 6) is 0.896. The number of nitrogens with two attached hydrogens (primary N) is 1. The van der Waals surface area contributed by atoms with Crippen molar-refractivity contribution in [3.63, 3.8) is 0 Å². The molecule has 0 aliphatic heterocycles. The lowest BCUT2D eigenvalue weighted by Crippen LogP contribution is -2.12. The van der Waals surface area contributed by atoms with Gasteiger partial charge in [0, 0.05) is 29.7 Å². The first kappa shape index (κ1) is 16.4. The van der Waals surface area contributed by atoms with E-state index >= 15 is 0 Å². The fourth-order valence-corrected chi connectivity index (χ4v) is 2.50. The molecule has 0 unspecified atom stereocenters. The molecular weight excluding hydrogens is 306 g/mol. The van der Waals surface area contributed by atoms with E-state index in [0.29, 0.717) is 30.1 Å². The molecule has 0 saturated heterocycles. The molecule has 1 fully saturated rings. The first-order chi connectivity index (χ1) is 11.7. The van der Waals surface area contributed by atoms with Crippen molar-refractivity contribution in [1.82, 2.24) is 5.16 Å². The zero-order chi connectivity index (χ0) is 16.9. The van der Waals surface area contributed by atoms with Gasteiger partial charge in [-0.15, -0.1) is 0 Å². The summed E-state index contributed by atoms with van der Waals surface area (Å²) < 4.78 is 5.19. The van der Waals surface area contributed by atoms with Crippen LogP contribution in [-0.2, 0) is 0 Å². The van der Waals surface area contributed by atoms with Gasteiger partial charge in [0.05, 0.1) is 0 Å². The summed E-state index contributed by atoms with van der Waals surface area (Å²) in [5, 5.41) is 6.57. The van der Waals surface area contributed by atoms with Gasteiger partial charge in [-0.1, -0.05) is 17.3 Å². The molecule has 24 heavy (non-hydrogen) atoms. The third kappa shape index (κ3) is 4.08. The summed E-state index contributed by atoms with van der Waals surface area (Å²) in [4.78, 5) is 24.4. The van der Waals surface area contributed by atoms with E-state index in [1.54, 1.807) is 30.3 Å². The number of benzene rings is 1. The van der Waals surface area contributed by atoms with Crippen molar-refractivity contribution < 1.29 is 14.1 Å². The van der Waals surface area contributed by atoms with Gasteiger partial charge in [0.1, 0.15) is 5.76 Å². The number of carbonyl (C=O) groups is 2. The third-order valence-electron chi connectivity index (χ3n) is 4.04. The van der Waals surface area contributed by atoms with E-state index < -0.39 is 0 Å². The molecule has 1 heterocycles. The van der Waals surface area contributed by atoms with Crippen LogP contribution in [0.5, 0.6) is 0 Å². The molecule has 1 aromatic carbocycles. The molecule has 3 rings (SSSR count). The van der Waals surface area contributed by atoms with E-state index in [1.165, 1.54) is 0 Å². The number of rotatable bonds is 8. The van der Waals surface area contributed by atoms with Gasteiger partial charge in [-0.3, -0.25) is 9.59 Å². The Hall–Kier alpha value is -2.47. The number of nitrogens with one attached hydrogen (secondary N) is 1. The number of unbranched alkanes of at least 4 members (excludes halogenated alkanes) is 1. The average Bonchev–Trinajstić information content (AvgIpc) is 3.32. The van der Waals surface area contributed by atoms with Gasteiger partial charge < -0.3 is 15.6 Å². The summed E-state index contributed by atoms with van der Waals surface area (Å²) in [6.45, 7) is 0.587. The van der Waals surface area contributed by atoms with Crippen LogP contribution in [0, 0.1) is 0 Å².